The lowest BCUT2D eigenvalue weighted by Crippen LogP contribution is -2.29. The summed E-state index contributed by atoms with van der Waals surface area (Å²) in [5.41, 5.74) is 2.28. The average Bonchev–Trinajstić information content (AvgIpc) is 3.45. The van der Waals surface area contributed by atoms with Crippen molar-refractivity contribution in [2.75, 3.05) is 29.5 Å². The van der Waals surface area contributed by atoms with Crippen LogP contribution < -0.4 is 4.90 Å². The van der Waals surface area contributed by atoms with E-state index in [0.29, 0.717) is 74.1 Å². The molecule has 2 aliphatic rings. The smallest absolute Gasteiger partial charge is 0.303 e. The number of rotatable bonds is 21. The second kappa shape index (κ2) is 18.2. The van der Waals surface area contributed by atoms with Crippen molar-refractivity contribution in [1.29, 1.82) is 0 Å². The molecule has 320 valence electrons. The summed E-state index contributed by atoms with van der Waals surface area (Å²) >= 11 is 0. The molecule has 58 heavy (non-hydrogen) atoms. The minimum atomic E-state index is -4.59. The summed E-state index contributed by atoms with van der Waals surface area (Å²) in [7, 11) is -17.5. The van der Waals surface area contributed by atoms with Crippen LogP contribution in [-0.2, 0) is 56.1 Å². The van der Waals surface area contributed by atoms with Crippen LogP contribution in [0.1, 0.15) is 89.7 Å². The van der Waals surface area contributed by atoms with Gasteiger partial charge in [0.1, 0.15) is 6.54 Å². The van der Waals surface area contributed by atoms with E-state index in [-0.39, 0.29) is 29.1 Å². The highest BCUT2D eigenvalue weighted by atomic mass is 32.2. The van der Waals surface area contributed by atoms with Gasteiger partial charge in [-0.3, -0.25) is 23.0 Å². The van der Waals surface area contributed by atoms with E-state index in [2.05, 4.69) is 0 Å². The number of aliphatic carboxylic acids is 1. The molecule has 5 N–H and O–H groups in total. The molecule has 4 rings (SSSR count). The van der Waals surface area contributed by atoms with Crippen LogP contribution in [0.4, 0.5) is 11.4 Å². The van der Waals surface area contributed by atoms with Gasteiger partial charge in [-0.15, -0.1) is 0 Å². The van der Waals surface area contributed by atoms with Crippen molar-refractivity contribution >= 4 is 63.5 Å². The zero-order valence-electron chi connectivity index (χ0n) is 32.5. The normalized spacial score (nSPS) is 19.2. The number of carboxylic acid groups (broad SMARTS) is 1. The van der Waals surface area contributed by atoms with Crippen molar-refractivity contribution in [1.82, 2.24) is 0 Å². The van der Waals surface area contributed by atoms with Gasteiger partial charge in [-0.05, 0) is 94.8 Å². The van der Waals surface area contributed by atoms with Crippen LogP contribution in [0.3, 0.4) is 0 Å². The third kappa shape index (κ3) is 11.9. The highest BCUT2D eigenvalue weighted by Crippen LogP contribution is 2.51. The largest absolute Gasteiger partial charge is 0.481 e. The predicted molar refractivity (Wildman–Crippen MR) is 218 cm³/mol. The Morgan fingerprint density at radius 3 is 1.88 bits per heavy atom. The first-order valence-corrected chi connectivity index (χ1v) is 24.7. The van der Waals surface area contributed by atoms with E-state index in [0.717, 1.165) is 11.4 Å². The van der Waals surface area contributed by atoms with Gasteiger partial charge >= 0.3 is 5.97 Å². The number of carboxylic acids is 1. The Bertz CT molecular complexity index is 2470. The van der Waals surface area contributed by atoms with E-state index in [1.165, 1.54) is 24.3 Å². The maximum Gasteiger partial charge on any atom is 0.303 e. The fourth-order valence-electron chi connectivity index (χ4n) is 7.65. The molecule has 0 spiro atoms. The first-order chi connectivity index (χ1) is 26.8. The second-order valence-corrected chi connectivity index (χ2v) is 21.2. The quantitative estimate of drug-likeness (QED) is 0.0436. The van der Waals surface area contributed by atoms with Gasteiger partial charge < -0.3 is 10.0 Å². The zero-order valence-corrected chi connectivity index (χ0v) is 35.7. The van der Waals surface area contributed by atoms with Crippen LogP contribution in [0.2, 0.25) is 0 Å². The maximum absolute atomic E-state index is 12.2. The van der Waals surface area contributed by atoms with Crippen LogP contribution in [0.5, 0.6) is 0 Å². The molecule has 0 fully saturated rings. The number of benzene rings is 2. The molecule has 0 radical (unpaired) electrons. The van der Waals surface area contributed by atoms with Crippen LogP contribution in [0, 0.1) is 0 Å². The van der Waals surface area contributed by atoms with Gasteiger partial charge in [0, 0.05) is 53.9 Å². The molecule has 2 aliphatic heterocycles. The molecule has 0 bridgehead atoms. The summed E-state index contributed by atoms with van der Waals surface area (Å²) in [4.78, 5) is 12.5. The van der Waals surface area contributed by atoms with Crippen molar-refractivity contribution in [3.05, 3.63) is 83.6 Å². The number of carbonyl (C=O) groups is 1. The minimum Gasteiger partial charge on any atom is -0.481 e. The molecule has 0 amide bonds. The Kier molecular flexibility index (Phi) is 14.8. The van der Waals surface area contributed by atoms with Gasteiger partial charge in [0.05, 0.1) is 26.7 Å². The van der Waals surface area contributed by atoms with Crippen molar-refractivity contribution in [3.8, 4) is 0 Å². The van der Waals surface area contributed by atoms with Crippen LogP contribution in [0.25, 0.3) is 0 Å². The van der Waals surface area contributed by atoms with Crippen molar-refractivity contribution < 1.29 is 66.4 Å². The number of allylic oxidation sites excluding steroid dienone is 6. The molecular formula is C38H51N2O14S4+. The average molecular weight is 888 g/mol. The minimum absolute atomic E-state index is 0.00213. The summed E-state index contributed by atoms with van der Waals surface area (Å²) < 4.78 is 134. The molecule has 1 atom stereocenters. The Balaban J connectivity index is 1.75. The lowest BCUT2D eigenvalue weighted by atomic mass is 9.77. The molecule has 2 aromatic carbocycles. The van der Waals surface area contributed by atoms with Crippen LogP contribution in [-0.4, -0.2) is 97.8 Å². The van der Waals surface area contributed by atoms with E-state index < -0.39 is 68.8 Å². The Labute approximate surface area is 340 Å². The summed E-state index contributed by atoms with van der Waals surface area (Å²) in [5.74, 6) is -1.81. The highest BCUT2D eigenvalue weighted by Gasteiger charge is 2.45. The molecule has 16 nitrogen and oxygen atoms in total. The third-order valence-electron chi connectivity index (χ3n) is 10.5. The first-order valence-electron chi connectivity index (χ1n) is 18.6. The number of hydrogen-bond acceptors (Lipinski definition) is 10. The van der Waals surface area contributed by atoms with Crippen LogP contribution >= 0.6 is 0 Å². The Morgan fingerprint density at radius 1 is 0.707 bits per heavy atom. The Hall–Kier alpha value is -3.76. The number of hydrogen-bond donors (Lipinski definition) is 5. The molecule has 0 saturated carbocycles. The van der Waals surface area contributed by atoms with Gasteiger partial charge in [-0.25, -0.2) is 0 Å². The monoisotopic (exact) mass is 887 g/mol. The van der Waals surface area contributed by atoms with Crippen molar-refractivity contribution in [2.45, 2.75) is 99.2 Å². The Morgan fingerprint density at radius 2 is 1.29 bits per heavy atom. The van der Waals surface area contributed by atoms with Crippen molar-refractivity contribution in [2.24, 2.45) is 0 Å². The lowest BCUT2D eigenvalue weighted by Gasteiger charge is -2.30. The molecule has 0 saturated heterocycles. The SMILES string of the molecule is CC1(C)C(/C=C/C=C/C=C2\N(CCCCCC(=O)O)c3ccc(S(=O)(=O)O)cc3C2(C)CCCCS(=O)(=O)O)=[N+](CCCCS(=O)(=O)O)c2ccc(S(=O)(=O)O)cc21. The lowest BCUT2D eigenvalue weighted by molar-refractivity contribution is -0.438. The molecule has 0 aromatic heterocycles. The molecule has 2 aromatic rings. The predicted octanol–water partition coefficient (Wildman–Crippen LogP) is 5.70. The van der Waals surface area contributed by atoms with Crippen molar-refractivity contribution in [3.63, 3.8) is 0 Å². The molecule has 1 unspecified atom stereocenters. The van der Waals surface area contributed by atoms with Gasteiger partial charge in [-0.2, -0.15) is 38.2 Å². The fraction of sp³-hybridized carbons (Fsp3) is 0.474. The number of unbranched alkanes of at least 4 members (excludes halogenated alkanes) is 4. The third-order valence-corrected chi connectivity index (χ3v) is 13.8. The van der Waals surface area contributed by atoms with E-state index in [1.807, 2.05) is 42.4 Å². The summed E-state index contributed by atoms with van der Waals surface area (Å²) in [6.07, 6.45) is 11.9. The van der Waals surface area contributed by atoms with E-state index in [1.54, 1.807) is 30.4 Å². The fourth-order valence-corrected chi connectivity index (χ4v) is 9.80. The second-order valence-electron chi connectivity index (χ2n) is 15.2. The summed E-state index contributed by atoms with van der Waals surface area (Å²) in [6.45, 7) is 6.38. The topological polar surface area (TPSA) is 261 Å². The molecule has 0 aliphatic carbocycles. The standard InChI is InChI=1S/C38H50N2O14S4/c1-37(2)30-26-28(57(49,50)51)17-19-32(30)39(23-11-13-25-56(46,47)48)34(37)14-6-4-7-15-35-38(3,21-9-12-24-55(43,44)45)31-27-29(58(52,53)54)18-20-33(31)40(35)22-10-5-8-16-36(41)42/h4,6-7,14-15,17-20,26-27H,5,8-13,16,21-25H2,1-3H3,(H4-,41,42,43,44,45,46,47,48,49,50,51,52,53,54)/p+1. The summed E-state index contributed by atoms with van der Waals surface area (Å²) in [5, 5.41) is 9.11. The maximum atomic E-state index is 12.2. The summed E-state index contributed by atoms with van der Waals surface area (Å²) in [6, 6.07) is 8.52. The van der Waals surface area contributed by atoms with E-state index >= 15 is 0 Å². The van der Waals surface area contributed by atoms with Gasteiger partial charge in [-0.1, -0.05) is 31.1 Å². The number of nitrogens with zero attached hydrogens (tertiary/aromatic N) is 2. The number of anilines is 1. The highest BCUT2D eigenvalue weighted by molar-refractivity contribution is 7.86. The molecule has 20 heteroatoms. The van der Waals surface area contributed by atoms with Crippen LogP contribution in [0.15, 0.2) is 82.3 Å². The molecular weight excluding hydrogens is 837 g/mol. The van der Waals surface area contributed by atoms with E-state index in [4.69, 9.17) is 5.11 Å². The van der Waals surface area contributed by atoms with Gasteiger partial charge in [0.25, 0.3) is 40.5 Å². The number of fused-ring (bicyclic) bond motifs is 2. The van der Waals surface area contributed by atoms with E-state index in [9.17, 15) is 56.7 Å². The van der Waals surface area contributed by atoms with Gasteiger partial charge in [0.15, 0.2) is 5.71 Å². The zero-order chi connectivity index (χ0) is 43.3. The molecule has 2 heterocycles. The van der Waals surface area contributed by atoms with Gasteiger partial charge in [0.2, 0.25) is 5.69 Å². The first kappa shape index (κ1) is 46.9.